The molecule has 0 aromatic heterocycles. The summed E-state index contributed by atoms with van der Waals surface area (Å²) in [6.45, 7) is 0.425. The van der Waals surface area contributed by atoms with E-state index in [-0.39, 0.29) is 18.5 Å². The molecule has 2 rings (SSSR count). The lowest BCUT2D eigenvalue weighted by molar-refractivity contribution is -0.131. The SMILES string of the molecule is CN(Cc1ccccc1)C(=O)CN(C1CCCC1)S(C)(=O)=O. The fraction of sp³-hybridized carbons (Fsp3) is 0.562. The Morgan fingerprint density at radius 3 is 2.32 bits per heavy atom. The number of rotatable bonds is 6. The lowest BCUT2D eigenvalue weighted by Crippen LogP contribution is -2.45. The summed E-state index contributed by atoms with van der Waals surface area (Å²) in [5.41, 5.74) is 1.03. The van der Waals surface area contributed by atoms with E-state index in [0.29, 0.717) is 6.54 Å². The van der Waals surface area contributed by atoms with Crippen LogP contribution in [0, 0.1) is 0 Å². The van der Waals surface area contributed by atoms with Gasteiger partial charge in [0.25, 0.3) is 0 Å². The fourth-order valence-electron chi connectivity index (χ4n) is 2.91. The first-order chi connectivity index (χ1) is 10.4. The highest BCUT2D eigenvalue weighted by atomic mass is 32.2. The standard InChI is InChI=1S/C16H24N2O3S/c1-17(12-14-8-4-3-5-9-14)16(19)13-18(22(2,20)21)15-10-6-7-11-15/h3-5,8-9,15H,6-7,10-13H2,1-2H3. The number of sulfonamides is 1. The van der Waals surface area contributed by atoms with E-state index in [0.717, 1.165) is 31.2 Å². The van der Waals surface area contributed by atoms with E-state index in [1.807, 2.05) is 30.3 Å². The number of amides is 1. The number of carbonyl (C=O) groups is 1. The number of carbonyl (C=O) groups excluding carboxylic acids is 1. The van der Waals surface area contributed by atoms with Crippen LogP contribution in [-0.4, -0.2) is 49.4 Å². The van der Waals surface area contributed by atoms with Gasteiger partial charge in [-0.25, -0.2) is 8.42 Å². The number of hydrogen-bond acceptors (Lipinski definition) is 3. The minimum absolute atomic E-state index is 0.0240. The van der Waals surface area contributed by atoms with Crippen molar-refractivity contribution in [1.82, 2.24) is 9.21 Å². The predicted molar refractivity (Wildman–Crippen MR) is 86.7 cm³/mol. The molecular formula is C16H24N2O3S. The van der Waals surface area contributed by atoms with E-state index in [4.69, 9.17) is 0 Å². The molecule has 0 radical (unpaired) electrons. The van der Waals surface area contributed by atoms with Gasteiger partial charge in [-0.2, -0.15) is 4.31 Å². The van der Waals surface area contributed by atoms with Crippen molar-refractivity contribution in [3.63, 3.8) is 0 Å². The van der Waals surface area contributed by atoms with E-state index in [2.05, 4.69) is 0 Å². The molecule has 1 aliphatic rings. The third-order valence-electron chi connectivity index (χ3n) is 4.14. The molecule has 0 spiro atoms. The molecule has 0 heterocycles. The first-order valence-electron chi connectivity index (χ1n) is 7.62. The van der Waals surface area contributed by atoms with Crippen LogP contribution < -0.4 is 0 Å². The van der Waals surface area contributed by atoms with Crippen molar-refractivity contribution in [3.8, 4) is 0 Å². The zero-order valence-corrected chi connectivity index (χ0v) is 14.1. The summed E-state index contributed by atoms with van der Waals surface area (Å²) in [5.74, 6) is -0.166. The molecule has 1 aromatic rings. The largest absolute Gasteiger partial charge is 0.340 e. The van der Waals surface area contributed by atoms with Gasteiger partial charge in [0.1, 0.15) is 0 Å². The monoisotopic (exact) mass is 324 g/mol. The van der Waals surface area contributed by atoms with Crippen molar-refractivity contribution in [2.75, 3.05) is 19.8 Å². The van der Waals surface area contributed by atoms with Crippen LogP contribution in [0.25, 0.3) is 0 Å². The molecule has 0 bridgehead atoms. The van der Waals surface area contributed by atoms with Crippen molar-refractivity contribution in [2.45, 2.75) is 38.3 Å². The normalized spacial score (nSPS) is 16.1. The van der Waals surface area contributed by atoms with E-state index >= 15 is 0 Å². The minimum atomic E-state index is -3.36. The van der Waals surface area contributed by atoms with Gasteiger partial charge in [-0.05, 0) is 18.4 Å². The highest BCUT2D eigenvalue weighted by Gasteiger charge is 2.31. The summed E-state index contributed by atoms with van der Waals surface area (Å²) >= 11 is 0. The Morgan fingerprint density at radius 1 is 1.18 bits per heavy atom. The molecule has 1 aliphatic carbocycles. The molecule has 122 valence electrons. The van der Waals surface area contributed by atoms with Gasteiger partial charge in [-0.15, -0.1) is 0 Å². The average molecular weight is 324 g/mol. The Balaban J connectivity index is 2.01. The van der Waals surface area contributed by atoms with Crippen LogP contribution in [0.15, 0.2) is 30.3 Å². The maximum Gasteiger partial charge on any atom is 0.237 e. The number of likely N-dealkylation sites (N-methyl/N-ethyl adjacent to an activating group) is 1. The third kappa shape index (κ3) is 4.55. The Bertz CT molecular complexity index is 595. The van der Waals surface area contributed by atoms with Crippen LogP contribution in [0.5, 0.6) is 0 Å². The second-order valence-corrected chi connectivity index (χ2v) is 7.92. The van der Waals surface area contributed by atoms with Gasteiger partial charge in [-0.3, -0.25) is 4.79 Å². The Kier molecular flexibility index (Phi) is 5.58. The van der Waals surface area contributed by atoms with Crippen LogP contribution in [0.3, 0.4) is 0 Å². The second-order valence-electron chi connectivity index (χ2n) is 5.98. The summed E-state index contributed by atoms with van der Waals surface area (Å²) in [6, 6.07) is 9.66. The number of benzene rings is 1. The van der Waals surface area contributed by atoms with Crippen LogP contribution in [-0.2, 0) is 21.4 Å². The summed E-state index contributed by atoms with van der Waals surface area (Å²) in [6.07, 6.45) is 4.96. The average Bonchev–Trinajstić information content (AvgIpc) is 2.98. The van der Waals surface area contributed by atoms with Crippen LogP contribution in [0.1, 0.15) is 31.2 Å². The molecule has 6 heteroatoms. The molecule has 1 amide bonds. The molecule has 1 fully saturated rings. The smallest absolute Gasteiger partial charge is 0.237 e. The minimum Gasteiger partial charge on any atom is -0.340 e. The summed E-state index contributed by atoms with van der Waals surface area (Å²) < 4.78 is 25.4. The van der Waals surface area contributed by atoms with Gasteiger partial charge in [0.15, 0.2) is 0 Å². The number of hydrogen-bond donors (Lipinski definition) is 0. The van der Waals surface area contributed by atoms with Gasteiger partial charge >= 0.3 is 0 Å². The van der Waals surface area contributed by atoms with Crippen LogP contribution in [0.4, 0.5) is 0 Å². The van der Waals surface area contributed by atoms with Gasteiger partial charge < -0.3 is 4.90 Å². The Labute approximate surface area is 133 Å². The predicted octanol–water partition coefficient (Wildman–Crippen LogP) is 1.85. The van der Waals surface area contributed by atoms with E-state index in [1.54, 1.807) is 11.9 Å². The molecule has 0 aliphatic heterocycles. The first kappa shape index (κ1) is 17.0. The van der Waals surface area contributed by atoms with E-state index < -0.39 is 10.0 Å². The van der Waals surface area contributed by atoms with Crippen molar-refractivity contribution in [1.29, 1.82) is 0 Å². The topological polar surface area (TPSA) is 57.7 Å². The van der Waals surface area contributed by atoms with Crippen molar-refractivity contribution >= 4 is 15.9 Å². The molecule has 1 aromatic carbocycles. The molecule has 0 atom stereocenters. The van der Waals surface area contributed by atoms with Crippen molar-refractivity contribution in [3.05, 3.63) is 35.9 Å². The Hall–Kier alpha value is -1.40. The molecule has 1 saturated carbocycles. The zero-order chi connectivity index (χ0) is 16.2. The van der Waals surface area contributed by atoms with Crippen LogP contribution in [0.2, 0.25) is 0 Å². The van der Waals surface area contributed by atoms with E-state index in [1.165, 1.54) is 10.6 Å². The lowest BCUT2D eigenvalue weighted by Gasteiger charge is -2.28. The van der Waals surface area contributed by atoms with Gasteiger partial charge in [-0.1, -0.05) is 43.2 Å². The summed E-state index contributed by atoms with van der Waals surface area (Å²) in [7, 11) is -1.65. The van der Waals surface area contributed by atoms with E-state index in [9.17, 15) is 13.2 Å². The van der Waals surface area contributed by atoms with Gasteiger partial charge in [0.2, 0.25) is 15.9 Å². The third-order valence-corrected chi connectivity index (χ3v) is 5.42. The summed E-state index contributed by atoms with van der Waals surface area (Å²) in [5, 5.41) is 0. The maximum atomic E-state index is 12.4. The van der Waals surface area contributed by atoms with Gasteiger partial charge in [0, 0.05) is 19.6 Å². The van der Waals surface area contributed by atoms with Crippen molar-refractivity contribution < 1.29 is 13.2 Å². The zero-order valence-electron chi connectivity index (χ0n) is 13.2. The maximum absolute atomic E-state index is 12.4. The quantitative estimate of drug-likeness (QED) is 0.802. The molecular weight excluding hydrogens is 300 g/mol. The highest BCUT2D eigenvalue weighted by Crippen LogP contribution is 2.25. The van der Waals surface area contributed by atoms with Gasteiger partial charge in [0.05, 0.1) is 12.8 Å². The molecule has 0 unspecified atom stereocenters. The van der Waals surface area contributed by atoms with Crippen LogP contribution >= 0.6 is 0 Å². The fourth-order valence-corrected chi connectivity index (χ4v) is 4.01. The Morgan fingerprint density at radius 2 is 1.77 bits per heavy atom. The molecule has 5 nitrogen and oxygen atoms in total. The second kappa shape index (κ2) is 7.24. The number of nitrogens with zero attached hydrogens (tertiary/aromatic N) is 2. The highest BCUT2D eigenvalue weighted by molar-refractivity contribution is 7.88. The lowest BCUT2D eigenvalue weighted by atomic mass is 10.2. The van der Waals surface area contributed by atoms with Crippen molar-refractivity contribution in [2.24, 2.45) is 0 Å². The molecule has 0 N–H and O–H groups in total. The first-order valence-corrected chi connectivity index (χ1v) is 9.47. The molecule has 0 saturated heterocycles. The summed E-state index contributed by atoms with van der Waals surface area (Å²) in [4.78, 5) is 14.0. The molecule has 22 heavy (non-hydrogen) atoms.